The predicted octanol–water partition coefficient (Wildman–Crippen LogP) is 6.22. The van der Waals surface area contributed by atoms with Crippen LogP contribution >= 0.6 is 0 Å². The standard InChI is InChI=1S/C29H25NO2/c1-32-29(31)26(22-14-6-2-7-15-22)28(25-20-12-5-13-21-25)30-27(23-16-8-3-9-17-23)24-18-10-4-11-19-24/h2-21,26,28H,1H3. The molecule has 0 aliphatic carbocycles. The molecule has 0 heterocycles. The van der Waals surface area contributed by atoms with Gasteiger partial charge in [-0.05, 0) is 11.1 Å². The zero-order valence-electron chi connectivity index (χ0n) is 18.0. The minimum atomic E-state index is -0.578. The fourth-order valence-corrected chi connectivity index (χ4v) is 3.87. The number of benzene rings is 4. The average molecular weight is 420 g/mol. The van der Waals surface area contributed by atoms with Crippen molar-refractivity contribution in [3.05, 3.63) is 144 Å². The second kappa shape index (κ2) is 10.4. The second-order valence-electron chi connectivity index (χ2n) is 7.48. The Balaban J connectivity index is 1.94. The Morgan fingerprint density at radius 2 is 1.03 bits per heavy atom. The molecule has 2 atom stereocenters. The van der Waals surface area contributed by atoms with Gasteiger partial charge in [0.15, 0.2) is 0 Å². The van der Waals surface area contributed by atoms with E-state index in [1.165, 1.54) is 7.11 Å². The minimum Gasteiger partial charge on any atom is -0.468 e. The summed E-state index contributed by atoms with van der Waals surface area (Å²) in [5.41, 5.74) is 4.66. The molecule has 0 saturated carbocycles. The third-order valence-electron chi connectivity index (χ3n) is 5.43. The average Bonchev–Trinajstić information content (AvgIpc) is 2.88. The largest absolute Gasteiger partial charge is 0.468 e. The normalized spacial score (nSPS) is 12.4. The molecule has 4 rings (SSSR count). The summed E-state index contributed by atoms with van der Waals surface area (Å²) in [6.45, 7) is 0. The lowest BCUT2D eigenvalue weighted by Crippen LogP contribution is -2.22. The van der Waals surface area contributed by atoms with Crippen LogP contribution in [0.3, 0.4) is 0 Å². The highest BCUT2D eigenvalue weighted by atomic mass is 16.5. The quantitative estimate of drug-likeness (QED) is 0.263. The smallest absolute Gasteiger partial charge is 0.315 e. The molecule has 0 fully saturated rings. The Bertz CT molecular complexity index is 1120. The highest BCUT2D eigenvalue weighted by molar-refractivity contribution is 6.13. The summed E-state index contributed by atoms with van der Waals surface area (Å²) in [7, 11) is 1.43. The molecule has 4 aromatic carbocycles. The molecule has 0 saturated heterocycles. The molecule has 4 aromatic rings. The van der Waals surface area contributed by atoms with E-state index in [0.717, 1.165) is 28.0 Å². The predicted molar refractivity (Wildman–Crippen MR) is 129 cm³/mol. The molecule has 0 aliphatic rings. The molecule has 2 unspecified atom stereocenters. The SMILES string of the molecule is COC(=O)C(c1ccccc1)C(N=C(c1ccccc1)c1ccccc1)c1ccccc1. The van der Waals surface area contributed by atoms with Gasteiger partial charge in [-0.15, -0.1) is 0 Å². The van der Waals surface area contributed by atoms with Crippen molar-refractivity contribution in [2.75, 3.05) is 7.11 Å². The van der Waals surface area contributed by atoms with Gasteiger partial charge in [-0.2, -0.15) is 0 Å². The summed E-state index contributed by atoms with van der Waals surface area (Å²) in [4.78, 5) is 18.3. The summed E-state index contributed by atoms with van der Waals surface area (Å²) in [6, 6.07) is 39.4. The summed E-state index contributed by atoms with van der Waals surface area (Å²) >= 11 is 0. The first-order valence-corrected chi connectivity index (χ1v) is 10.6. The van der Waals surface area contributed by atoms with Crippen molar-refractivity contribution >= 4 is 11.7 Å². The summed E-state index contributed by atoms with van der Waals surface area (Å²) in [5, 5.41) is 0. The van der Waals surface area contributed by atoms with Crippen molar-refractivity contribution in [2.24, 2.45) is 4.99 Å². The van der Waals surface area contributed by atoms with Crippen LogP contribution in [-0.4, -0.2) is 18.8 Å². The van der Waals surface area contributed by atoms with Gasteiger partial charge >= 0.3 is 5.97 Å². The third kappa shape index (κ3) is 4.84. The lowest BCUT2D eigenvalue weighted by Gasteiger charge is -2.24. The lowest BCUT2D eigenvalue weighted by molar-refractivity contribution is -0.143. The van der Waals surface area contributed by atoms with E-state index in [-0.39, 0.29) is 5.97 Å². The van der Waals surface area contributed by atoms with E-state index in [1.54, 1.807) is 0 Å². The maximum Gasteiger partial charge on any atom is 0.315 e. The van der Waals surface area contributed by atoms with Crippen molar-refractivity contribution in [3.63, 3.8) is 0 Å². The van der Waals surface area contributed by atoms with Gasteiger partial charge in [0.1, 0.15) is 5.92 Å². The number of hydrogen-bond donors (Lipinski definition) is 0. The topological polar surface area (TPSA) is 38.7 Å². The Hall–Kier alpha value is -3.98. The molecule has 0 aliphatic heterocycles. The Kier molecular flexibility index (Phi) is 6.88. The molecule has 0 N–H and O–H groups in total. The Morgan fingerprint density at radius 3 is 1.47 bits per heavy atom. The van der Waals surface area contributed by atoms with E-state index in [0.29, 0.717) is 0 Å². The maximum atomic E-state index is 13.1. The number of rotatable bonds is 7. The molecule has 3 heteroatoms. The molecular formula is C29H25NO2. The zero-order chi connectivity index (χ0) is 22.2. The van der Waals surface area contributed by atoms with E-state index in [4.69, 9.17) is 9.73 Å². The van der Waals surface area contributed by atoms with Crippen molar-refractivity contribution in [2.45, 2.75) is 12.0 Å². The van der Waals surface area contributed by atoms with Crippen LogP contribution < -0.4 is 0 Å². The lowest BCUT2D eigenvalue weighted by atomic mass is 9.86. The molecule has 3 nitrogen and oxygen atoms in total. The fraction of sp³-hybridized carbons (Fsp3) is 0.103. The van der Waals surface area contributed by atoms with E-state index < -0.39 is 12.0 Å². The van der Waals surface area contributed by atoms with E-state index >= 15 is 0 Å². The first kappa shape index (κ1) is 21.3. The highest BCUT2D eigenvalue weighted by Gasteiger charge is 2.32. The van der Waals surface area contributed by atoms with Crippen LogP contribution in [0.2, 0.25) is 0 Å². The molecule has 0 radical (unpaired) electrons. The van der Waals surface area contributed by atoms with Gasteiger partial charge in [0.05, 0.1) is 18.9 Å². The first-order valence-electron chi connectivity index (χ1n) is 10.6. The van der Waals surface area contributed by atoms with Gasteiger partial charge in [-0.1, -0.05) is 121 Å². The van der Waals surface area contributed by atoms with Gasteiger partial charge in [-0.3, -0.25) is 9.79 Å². The van der Waals surface area contributed by atoms with Gasteiger partial charge in [-0.25, -0.2) is 0 Å². The van der Waals surface area contributed by atoms with Crippen molar-refractivity contribution in [1.29, 1.82) is 0 Å². The fourth-order valence-electron chi connectivity index (χ4n) is 3.87. The number of carbonyl (C=O) groups excluding carboxylic acids is 1. The van der Waals surface area contributed by atoms with Crippen LogP contribution in [0.1, 0.15) is 34.2 Å². The first-order chi connectivity index (χ1) is 15.8. The molecule has 0 aromatic heterocycles. The van der Waals surface area contributed by atoms with Gasteiger partial charge < -0.3 is 4.74 Å². The van der Waals surface area contributed by atoms with Gasteiger partial charge in [0, 0.05) is 11.1 Å². The highest BCUT2D eigenvalue weighted by Crippen LogP contribution is 2.36. The van der Waals surface area contributed by atoms with Crippen LogP contribution in [0.25, 0.3) is 0 Å². The Labute approximate surface area is 189 Å². The monoisotopic (exact) mass is 419 g/mol. The van der Waals surface area contributed by atoms with E-state index in [2.05, 4.69) is 0 Å². The van der Waals surface area contributed by atoms with Crippen LogP contribution in [0.15, 0.2) is 126 Å². The molecule has 32 heavy (non-hydrogen) atoms. The summed E-state index contributed by atoms with van der Waals surface area (Å²) in [6.07, 6.45) is 0. The van der Waals surface area contributed by atoms with Crippen LogP contribution in [0.4, 0.5) is 0 Å². The number of nitrogens with zero attached hydrogens (tertiary/aromatic N) is 1. The number of aliphatic imine (C=N–C) groups is 1. The molecule has 0 amide bonds. The van der Waals surface area contributed by atoms with Crippen molar-refractivity contribution < 1.29 is 9.53 Å². The molecule has 0 bridgehead atoms. The van der Waals surface area contributed by atoms with Crippen LogP contribution in [0.5, 0.6) is 0 Å². The van der Waals surface area contributed by atoms with Crippen molar-refractivity contribution in [1.82, 2.24) is 0 Å². The number of hydrogen-bond acceptors (Lipinski definition) is 3. The minimum absolute atomic E-state index is 0.311. The molecule has 158 valence electrons. The van der Waals surface area contributed by atoms with Crippen LogP contribution in [0, 0.1) is 0 Å². The molecule has 0 spiro atoms. The van der Waals surface area contributed by atoms with E-state index in [9.17, 15) is 4.79 Å². The summed E-state index contributed by atoms with van der Waals surface area (Å²) in [5.74, 6) is -0.889. The second-order valence-corrected chi connectivity index (χ2v) is 7.48. The van der Waals surface area contributed by atoms with Gasteiger partial charge in [0.25, 0.3) is 0 Å². The number of methoxy groups -OCH3 is 1. The van der Waals surface area contributed by atoms with Crippen LogP contribution in [-0.2, 0) is 9.53 Å². The molecular weight excluding hydrogens is 394 g/mol. The maximum absolute atomic E-state index is 13.1. The summed E-state index contributed by atoms with van der Waals surface area (Å²) < 4.78 is 5.25. The van der Waals surface area contributed by atoms with Gasteiger partial charge in [0.2, 0.25) is 0 Å². The Morgan fingerprint density at radius 1 is 0.625 bits per heavy atom. The zero-order valence-corrected chi connectivity index (χ0v) is 18.0. The number of carbonyl (C=O) groups is 1. The third-order valence-corrected chi connectivity index (χ3v) is 5.43. The van der Waals surface area contributed by atoms with Crippen molar-refractivity contribution in [3.8, 4) is 0 Å². The number of ether oxygens (including phenoxy) is 1. The number of esters is 1. The van der Waals surface area contributed by atoms with E-state index in [1.807, 2.05) is 121 Å².